The van der Waals surface area contributed by atoms with Crippen LogP contribution in [0, 0.1) is 11.8 Å². The first-order valence-corrected chi connectivity index (χ1v) is 8.02. The Hall–Kier alpha value is -0.610. The first-order valence-electron chi connectivity index (χ1n) is 8.02. The van der Waals surface area contributed by atoms with Crippen molar-refractivity contribution in [3.63, 3.8) is 0 Å². The molecule has 1 heterocycles. The Kier molecular flexibility index (Phi) is 6.46. The lowest BCUT2D eigenvalue weighted by Gasteiger charge is -2.41. The molecule has 0 saturated carbocycles. The molecule has 1 aliphatic rings. The molecule has 0 aromatic carbocycles. The van der Waals surface area contributed by atoms with Crippen LogP contribution in [0.1, 0.15) is 53.9 Å². The Morgan fingerprint density at radius 3 is 2.60 bits per heavy atom. The van der Waals surface area contributed by atoms with Crippen LogP contribution in [0.5, 0.6) is 0 Å². The fourth-order valence-corrected chi connectivity index (χ4v) is 3.05. The van der Waals surface area contributed by atoms with Crippen molar-refractivity contribution in [1.29, 1.82) is 0 Å². The van der Waals surface area contributed by atoms with Gasteiger partial charge in [-0.1, -0.05) is 20.8 Å². The van der Waals surface area contributed by atoms with E-state index in [1.54, 1.807) is 0 Å². The van der Waals surface area contributed by atoms with Gasteiger partial charge in [0.25, 0.3) is 0 Å². The van der Waals surface area contributed by atoms with E-state index in [2.05, 4.69) is 37.9 Å². The normalized spacial score (nSPS) is 28.9. The summed E-state index contributed by atoms with van der Waals surface area (Å²) < 4.78 is 0. The van der Waals surface area contributed by atoms with E-state index in [0.717, 1.165) is 32.0 Å². The Balaban J connectivity index is 2.62. The summed E-state index contributed by atoms with van der Waals surface area (Å²) in [5, 5.41) is 12.7. The van der Waals surface area contributed by atoms with E-state index in [1.807, 2.05) is 6.92 Å². The average Bonchev–Trinajstić information content (AvgIpc) is 2.39. The van der Waals surface area contributed by atoms with E-state index in [4.69, 9.17) is 0 Å². The lowest BCUT2D eigenvalue weighted by Crippen LogP contribution is -2.55. The summed E-state index contributed by atoms with van der Waals surface area (Å²) in [6.45, 7) is 13.6. The van der Waals surface area contributed by atoms with Gasteiger partial charge in [0, 0.05) is 12.6 Å². The SMILES string of the molecule is CCCNC(C)(CC(C)N1CCC(C)C(C)C1)C(=O)O. The van der Waals surface area contributed by atoms with Gasteiger partial charge < -0.3 is 15.3 Å². The van der Waals surface area contributed by atoms with Gasteiger partial charge in [-0.2, -0.15) is 0 Å². The Labute approximate surface area is 123 Å². The highest BCUT2D eigenvalue weighted by Crippen LogP contribution is 2.26. The van der Waals surface area contributed by atoms with Crippen LogP contribution in [-0.4, -0.2) is 47.2 Å². The number of rotatable bonds is 7. The molecular formula is C16H32N2O2. The number of nitrogens with one attached hydrogen (secondary N) is 1. The smallest absolute Gasteiger partial charge is 0.323 e. The number of piperidine rings is 1. The van der Waals surface area contributed by atoms with Crippen molar-refractivity contribution in [1.82, 2.24) is 10.2 Å². The molecule has 0 aliphatic carbocycles. The summed E-state index contributed by atoms with van der Waals surface area (Å²) in [6, 6.07) is 0.301. The molecule has 4 heteroatoms. The molecule has 4 nitrogen and oxygen atoms in total. The number of hydrogen-bond acceptors (Lipinski definition) is 3. The van der Waals surface area contributed by atoms with Crippen LogP contribution in [0.3, 0.4) is 0 Å². The van der Waals surface area contributed by atoms with Gasteiger partial charge in [-0.25, -0.2) is 0 Å². The van der Waals surface area contributed by atoms with E-state index < -0.39 is 11.5 Å². The number of aliphatic carboxylic acids is 1. The fraction of sp³-hybridized carbons (Fsp3) is 0.938. The second-order valence-electron chi connectivity index (χ2n) is 6.86. The minimum Gasteiger partial charge on any atom is -0.480 e. The third-order valence-corrected chi connectivity index (χ3v) is 4.93. The van der Waals surface area contributed by atoms with Crippen molar-refractivity contribution in [2.45, 2.75) is 65.5 Å². The maximum Gasteiger partial charge on any atom is 0.323 e. The number of likely N-dealkylation sites (tertiary alicyclic amines) is 1. The number of hydrogen-bond donors (Lipinski definition) is 2. The van der Waals surface area contributed by atoms with Crippen LogP contribution in [0.2, 0.25) is 0 Å². The first-order chi connectivity index (χ1) is 9.30. The summed E-state index contributed by atoms with van der Waals surface area (Å²) in [5.41, 5.74) is -0.818. The van der Waals surface area contributed by atoms with Crippen molar-refractivity contribution in [3.05, 3.63) is 0 Å². The molecule has 0 radical (unpaired) electrons. The van der Waals surface area contributed by atoms with Crippen LogP contribution in [0.4, 0.5) is 0 Å². The molecular weight excluding hydrogens is 252 g/mol. The zero-order valence-electron chi connectivity index (χ0n) is 13.8. The van der Waals surface area contributed by atoms with Crippen LogP contribution < -0.4 is 5.32 Å². The molecule has 4 atom stereocenters. The van der Waals surface area contributed by atoms with Crippen LogP contribution in [0.25, 0.3) is 0 Å². The van der Waals surface area contributed by atoms with E-state index in [9.17, 15) is 9.90 Å². The number of carboxylic acid groups (broad SMARTS) is 1. The van der Waals surface area contributed by atoms with Gasteiger partial charge in [-0.15, -0.1) is 0 Å². The highest BCUT2D eigenvalue weighted by molar-refractivity contribution is 5.78. The molecule has 1 aliphatic heterocycles. The van der Waals surface area contributed by atoms with Crippen molar-refractivity contribution in [2.24, 2.45) is 11.8 Å². The number of nitrogens with zero attached hydrogens (tertiary/aromatic N) is 1. The zero-order chi connectivity index (χ0) is 15.3. The lowest BCUT2D eigenvalue weighted by molar-refractivity contribution is -0.145. The molecule has 0 amide bonds. The van der Waals surface area contributed by atoms with Gasteiger partial charge in [0.05, 0.1) is 0 Å². The minimum atomic E-state index is -0.818. The molecule has 2 N–H and O–H groups in total. The number of carboxylic acids is 1. The van der Waals surface area contributed by atoms with Crippen molar-refractivity contribution >= 4 is 5.97 Å². The Bertz CT molecular complexity index is 322. The average molecular weight is 284 g/mol. The quantitative estimate of drug-likeness (QED) is 0.754. The first kappa shape index (κ1) is 17.4. The second kappa shape index (κ2) is 7.41. The van der Waals surface area contributed by atoms with E-state index in [1.165, 1.54) is 6.42 Å². The highest BCUT2D eigenvalue weighted by atomic mass is 16.4. The predicted octanol–water partition coefficient (Wildman–Crippen LogP) is 2.59. The molecule has 1 rings (SSSR count). The second-order valence-corrected chi connectivity index (χ2v) is 6.86. The topological polar surface area (TPSA) is 52.6 Å². The molecule has 20 heavy (non-hydrogen) atoms. The molecule has 1 fully saturated rings. The fourth-order valence-electron chi connectivity index (χ4n) is 3.05. The maximum atomic E-state index is 11.6. The summed E-state index contributed by atoms with van der Waals surface area (Å²) in [6.07, 6.45) is 2.83. The van der Waals surface area contributed by atoms with Gasteiger partial charge >= 0.3 is 5.97 Å². The van der Waals surface area contributed by atoms with E-state index in [-0.39, 0.29) is 0 Å². The van der Waals surface area contributed by atoms with Gasteiger partial charge in [-0.05, 0) is 58.0 Å². The third kappa shape index (κ3) is 4.45. The van der Waals surface area contributed by atoms with Crippen molar-refractivity contribution < 1.29 is 9.90 Å². The molecule has 118 valence electrons. The molecule has 0 aromatic heterocycles. The molecule has 0 bridgehead atoms. The molecule has 4 unspecified atom stereocenters. The van der Waals surface area contributed by atoms with Crippen molar-refractivity contribution in [2.75, 3.05) is 19.6 Å². The standard InChI is InChI=1S/C16H32N2O2/c1-6-8-17-16(5,15(19)20)10-14(4)18-9-7-12(2)13(3)11-18/h12-14,17H,6-11H2,1-5H3,(H,19,20). The zero-order valence-corrected chi connectivity index (χ0v) is 13.8. The predicted molar refractivity (Wildman–Crippen MR) is 82.9 cm³/mol. The van der Waals surface area contributed by atoms with Gasteiger partial charge in [0.1, 0.15) is 5.54 Å². The van der Waals surface area contributed by atoms with Gasteiger partial charge in [-0.3, -0.25) is 4.79 Å². The molecule has 0 aromatic rings. The largest absolute Gasteiger partial charge is 0.480 e. The lowest BCUT2D eigenvalue weighted by atomic mass is 9.86. The molecule has 1 saturated heterocycles. The van der Waals surface area contributed by atoms with E-state index in [0.29, 0.717) is 18.4 Å². The summed E-state index contributed by atoms with van der Waals surface area (Å²) in [4.78, 5) is 14.0. The number of carbonyl (C=O) groups is 1. The Morgan fingerprint density at radius 1 is 1.45 bits per heavy atom. The van der Waals surface area contributed by atoms with Crippen molar-refractivity contribution in [3.8, 4) is 0 Å². The van der Waals surface area contributed by atoms with Crippen LogP contribution in [-0.2, 0) is 4.79 Å². The van der Waals surface area contributed by atoms with Gasteiger partial charge in [0.15, 0.2) is 0 Å². The maximum absolute atomic E-state index is 11.6. The summed E-state index contributed by atoms with van der Waals surface area (Å²) in [5.74, 6) is 0.740. The molecule has 0 spiro atoms. The summed E-state index contributed by atoms with van der Waals surface area (Å²) >= 11 is 0. The highest BCUT2D eigenvalue weighted by Gasteiger charge is 2.36. The summed E-state index contributed by atoms with van der Waals surface area (Å²) in [7, 11) is 0. The van der Waals surface area contributed by atoms with Gasteiger partial charge in [0.2, 0.25) is 0 Å². The Morgan fingerprint density at radius 2 is 2.10 bits per heavy atom. The van der Waals surface area contributed by atoms with E-state index >= 15 is 0 Å². The van der Waals surface area contributed by atoms with Crippen LogP contribution >= 0.6 is 0 Å². The monoisotopic (exact) mass is 284 g/mol. The minimum absolute atomic E-state index is 0.301. The van der Waals surface area contributed by atoms with Crippen LogP contribution in [0.15, 0.2) is 0 Å². The third-order valence-electron chi connectivity index (χ3n) is 4.93.